The van der Waals surface area contributed by atoms with Gasteiger partial charge in [0.05, 0.1) is 64.3 Å². The Kier molecular flexibility index (Phi) is 41.3. The SMILES string of the molecule is CC(=NCC(=O)c1ccc(C(=O)NCc2ccc(C(=O)CCCOCCO)cc2)nc1)c1csc(-c2ccc(Br)cc2)c1O.CC(=NCC(=O)c1ccc(C(=O)NCc2ccc(C(=O)CCCOCCO)cc2)nc1)c1csc(-c2ccc(C(C)(C)C)cc2)c1O.CC(=NCC(=O)c1ccc(C(=O)NCc2ccc(C(=O)CCCOCCO)cc2)nc1)c1csc(-c2ccc(Cl)c(Cl)c2)c1O. The summed E-state index contributed by atoms with van der Waals surface area (Å²) in [5.74, 6) is -1.68. The van der Waals surface area contributed by atoms with Crippen LogP contribution >= 0.6 is 73.1 Å². The first-order chi connectivity index (χ1) is 65.4. The van der Waals surface area contributed by atoms with Gasteiger partial charge >= 0.3 is 0 Å². The molecule has 708 valence electrons. The van der Waals surface area contributed by atoms with Crippen molar-refractivity contribution in [3.63, 3.8) is 0 Å². The zero-order valence-corrected chi connectivity index (χ0v) is 81.2. The summed E-state index contributed by atoms with van der Waals surface area (Å²) in [6.07, 6.45) is 6.83. The molecule has 0 atom stereocenters. The van der Waals surface area contributed by atoms with Gasteiger partial charge in [0, 0.05) is 165 Å². The fraction of sp³-hybridized carbons (Fsp3) is 0.272. The summed E-state index contributed by atoms with van der Waals surface area (Å²) in [5.41, 5.74) is 12.7. The van der Waals surface area contributed by atoms with Gasteiger partial charge in [-0.25, -0.2) is 0 Å². The second-order valence-electron chi connectivity index (χ2n) is 31.9. The minimum absolute atomic E-state index is 0.00308. The number of thiophene rings is 3. The largest absolute Gasteiger partial charge is 0.506 e. The number of ether oxygens (including phenoxy) is 3. The Morgan fingerprint density at radius 3 is 0.956 bits per heavy atom. The van der Waals surface area contributed by atoms with Gasteiger partial charge in [-0.1, -0.05) is 175 Å². The van der Waals surface area contributed by atoms with E-state index in [1.165, 1.54) is 88.5 Å². The molecule has 0 bridgehead atoms. The Hall–Kier alpha value is -12.5. The molecule has 9 N–H and O–H groups in total. The van der Waals surface area contributed by atoms with Crippen LogP contribution in [0, 0.1) is 0 Å². The maximum absolute atomic E-state index is 12.8. The van der Waals surface area contributed by atoms with E-state index in [1.54, 1.807) is 123 Å². The van der Waals surface area contributed by atoms with E-state index in [-0.39, 0.29) is 153 Å². The smallest absolute Gasteiger partial charge is 0.270 e. The number of aromatic nitrogens is 3. The lowest BCUT2D eigenvalue weighted by Gasteiger charge is -2.19. The van der Waals surface area contributed by atoms with E-state index < -0.39 is 17.7 Å². The Bertz CT molecular complexity index is 6200. The van der Waals surface area contributed by atoms with Crippen LogP contribution in [0.4, 0.5) is 0 Å². The van der Waals surface area contributed by atoms with Crippen molar-refractivity contribution >= 4 is 143 Å². The van der Waals surface area contributed by atoms with Crippen molar-refractivity contribution in [2.75, 3.05) is 79.1 Å². The van der Waals surface area contributed by atoms with Crippen LogP contribution in [-0.4, -0.2) is 194 Å². The lowest BCUT2D eigenvalue weighted by atomic mass is 9.86. The molecule has 12 aromatic rings. The van der Waals surface area contributed by atoms with Gasteiger partial charge in [-0.15, -0.1) is 34.0 Å². The lowest BCUT2D eigenvalue weighted by Crippen LogP contribution is -2.24. The third-order valence-electron chi connectivity index (χ3n) is 21.1. The highest BCUT2D eigenvalue weighted by molar-refractivity contribution is 9.10. The van der Waals surface area contributed by atoms with Gasteiger partial charge in [-0.05, 0) is 145 Å². The number of halogens is 3. The summed E-state index contributed by atoms with van der Waals surface area (Å²) >= 11 is 19.7. The number of carbonyl (C=O) groups excluding carboxylic acids is 9. The molecule has 0 fully saturated rings. The molecule has 0 aliphatic heterocycles. The minimum Gasteiger partial charge on any atom is -0.506 e. The summed E-state index contributed by atoms with van der Waals surface area (Å²) in [6, 6.07) is 51.0. The van der Waals surface area contributed by atoms with Crippen LogP contribution in [0.1, 0.15) is 213 Å². The van der Waals surface area contributed by atoms with Crippen molar-refractivity contribution in [2.24, 2.45) is 15.0 Å². The molecule has 33 heteroatoms. The second kappa shape index (κ2) is 53.1. The van der Waals surface area contributed by atoms with Crippen molar-refractivity contribution in [1.29, 1.82) is 0 Å². The highest BCUT2D eigenvalue weighted by Crippen LogP contribution is 2.43. The molecule has 6 heterocycles. The van der Waals surface area contributed by atoms with Gasteiger partial charge in [0.25, 0.3) is 17.7 Å². The van der Waals surface area contributed by atoms with E-state index in [1.807, 2.05) is 47.2 Å². The third-order valence-corrected chi connectivity index (χ3v) is 25.4. The summed E-state index contributed by atoms with van der Waals surface area (Å²) in [4.78, 5) is 141. The molecule has 6 aromatic carbocycles. The van der Waals surface area contributed by atoms with Crippen molar-refractivity contribution in [3.05, 3.63) is 315 Å². The number of benzene rings is 6. The Labute approximate surface area is 818 Å². The van der Waals surface area contributed by atoms with Crippen LogP contribution in [-0.2, 0) is 39.3 Å². The van der Waals surface area contributed by atoms with Gasteiger partial charge in [-0.3, -0.25) is 73.1 Å². The average molecular weight is 2000 g/mol. The van der Waals surface area contributed by atoms with Crippen molar-refractivity contribution in [3.8, 4) is 48.6 Å². The maximum Gasteiger partial charge on any atom is 0.270 e. The van der Waals surface area contributed by atoms with Crippen LogP contribution in [0.3, 0.4) is 0 Å². The number of aliphatic imine (C=N–C) groups is 3. The molecule has 0 saturated heterocycles. The average Bonchev–Trinajstić information content (AvgIpc) is 1.68. The summed E-state index contributed by atoms with van der Waals surface area (Å²) in [5, 5.41) is 73.2. The number of ketones is 6. The standard InChI is InChI=1S/C37H41N3O6S.C33H32BrN3O6S.C33H31Cl2N3O6S/c1-24(30-23-47-35(34(30)44)27-11-14-29(15-12-27)37(2,3)4)38-22-33(43)28-13-16-31(39-21-28)36(45)40-20-25-7-9-26(10-8-25)32(42)6-5-18-46-19-17-41;1-21(27-20-44-32(31(27)41)24-8-11-26(34)12-9-24)35-19-30(40)25-10-13-28(36-18-25)33(42)37-17-22-4-6-23(7-5-22)29(39)3-2-15-43-16-14-38;1-20(25-19-45-32(31(25)42)23-8-10-26(34)27(35)15-23)36-18-30(41)24-9-11-28(37-17-24)33(43)38-16-21-4-6-22(7-5-21)29(40)3-2-13-44-14-12-39/h7-16,21,23,41,44H,5-6,17-20,22H2,1-4H3,(H,40,45);4-13,18,20,38,41H,2-3,14-17,19H2,1H3,(H,37,42);4-11,15,17,19,39,42H,2-3,12-14,16,18H2,1H3,(H,38,43). The maximum atomic E-state index is 12.8. The number of pyridine rings is 3. The van der Waals surface area contributed by atoms with Crippen LogP contribution in [0.15, 0.2) is 230 Å². The fourth-order valence-electron chi connectivity index (χ4n) is 13.2. The monoisotopic (exact) mass is 2000 g/mol. The number of nitrogens with one attached hydrogen (secondary N) is 3. The number of carbonyl (C=O) groups is 9. The molecule has 12 rings (SSSR count). The molecule has 0 aliphatic rings. The molecule has 0 saturated carbocycles. The number of amides is 3. The molecular formula is C103H104BrCl2N9O18S3. The van der Waals surface area contributed by atoms with E-state index in [4.69, 9.17) is 52.7 Å². The van der Waals surface area contributed by atoms with E-state index in [2.05, 4.69) is 94.7 Å². The third kappa shape index (κ3) is 31.6. The highest BCUT2D eigenvalue weighted by atomic mass is 79.9. The number of aliphatic hydroxyl groups excluding tert-OH is 3. The number of rotatable bonds is 45. The first kappa shape index (κ1) is 106. The first-order valence-electron chi connectivity index (χ1n) is 43.4. The molecule has 27 nitrogen and oxygen atoms in total. The van der Waals surface area contributed by atoms with Crippen LogP contribution < -0.4 is 16.0 Å². The predicted octanol–water partition coefficient (Wildman–Crippen LogP) is 18.7. The molecule has 0 radical (unpaired) electrons. The number of aromatic hydroxyl groups is 3. The molecular weight excluding hydrogens is 1900 g/mol. The van der Waals surface area contributed by atoms with E-state index >= 15 is 0 Å². The van der Waals surface area contributed by atoms with E-state index in [9.17, 15) is 58.5 Å². The van der Waals surface area contributed by atoms with Crippen molar-refractivity contribution in [2.45, 2.75) is 105 Å². The van der Waals surface area contributed by atoms with Gasteiger partial charge in [0.2, 0.25) is 0 Å². The summed E-state index contributed by atoms with van der Waals surface area (Å²) < 4.78 is 16.5. The summed E-state index contributed by atoms with van der Waals surface area (Å²) in [6.45, 7) is 13.9. The van der Waals surface area contributed by atoms with E-state index in [0.29, 0.717) is 140 Å². The molecule has 6 aromatic heterocycles. The Balaban J connectivity index is 0.000000211. The van der Waals surface area contributed by atoms with Gasteiger partial charge in [0.15, 0.2) is 34.7 Å². The quantitative estimate of drug-likeness (QED) is 0.00972. The van der Waals surface area contributed by atoms with Crippen LogP contribution in [0.5, 0.6) is 17.2 Å². The second-order valence-corrected chi connectivity index (χ2v) is 36.3. The first-order valence-corrected chi connectivity index (χ1v) is 47.6. The van der Waals surface area contributed by atoms with E-state index in [0.717, 1.165) is 47.6 Å². The van der Waals surface area contributed by atoms with Crippen molar-refractivity contribution in [1.82, 2.24) is 30.9 Å². The molecule has 136 heavy (non-hydrogen) atoms. The topological polar surface area (TPSA) is 415 Å². The number of hydrogen-bond donors (Lipinski definition) is 9. The number of Topliss-reactive ketones (excluding diaryl/α,β-unsaturated/α-hetero) is 6. The predicted molar refractivity (Wildman–Crippen MR) is 535 cm³/mol. The van der Waals surface area contributed by atoms with Crippen LogP contribution in [0.2, 0.25) is 10.0 Å². The van der Waals surface area contributed by atoms with Crippen molar-refractivity contribution < 1.29 is 88.0 Å². The number of aliphatic hydroxyl groups is 3. The Morgan fingerprint density at radius 2 is 0.669 bits per heavy atom. The Morgan fingerprint density at radius 1 is 0.375 bits per heavy atom. The summed E-state index contributed by atoms with van der Waals surface area (Å²) in [7, 11) is 0. The van der Waals surface area contributed by atoms with Gasteiger partial charge in [-0.2, -0.15) is 0 Å². The fourth-order valence-corrected chi connectivity index (χ4v) is 16.7. The molecule has 0 spiro atoms. The van der Waals surface area contributed by atoms with Gasteiger partial charge in [0.1, 0.15) is 54.0 Å². The zero-order chi connectivity index (χ0) is 97.8. The van der Waals surface area contributed by atoms with Gasteiger partial charge < -0.3 is 60.8 Å². The normalized spacial score (nSPS) is 11.5. The molecule has 0 aliphatic carbocycles. The number of nitrogens with zero attached hydrogens (tertiary/aromatic N) is 6. The number of hydrogen-bond acceptors (Lipinski definition) is 27. The molecule has 3 amide bonds. The highest BCUT2D eigenvalue weighted by Gasteiger charge is 2.23. The van der Waals surface area contributed by atoms with Crippen LogP contribution in [0.25, 0.3) is 31.3 Å². The lowest BCUT2D eigenvalue weighted by molar-refractivity contribution is 0.0829. The zero-order valence-electron chi connectivity index (χ0n) is 75.7. The molecule has 0 unspecified atom stereocenters. The minimum atomic E-state index is -0.406.